The minimum absolute atomic E-state index is 0.123. The van der Waals surface area contributed by atoms with E-state index in [1.54, 1.807) is 11.0 Å². The second kappa shape index (κ2) is 8.86. The highest BCUT2D eigenvalue weighted by Gasteiger charge is 2.51. The lowest BCUT2D eigenvalue weighted by atomic mass is 9.98. The van der Waals surface area contributed by atoms with Crippen molar-refractivity contribution in [2.24, 2.45) is 0 Å². The summed E-state index contributed by atoms with van der Waals surface area (Å²) in [4.78, 5) is 15.1. The van der Waals surface area contributed by atoms with Gasteiger partial charge in [-0.2, -0.15) is 13.2 Å². The Balaban J connectivity index is 1.38. The minimum Gasteiger partial charge on any atom is -0.328 e. The van der Waals surface area contributed by atoms with Gasteiger partial charge in [0.05, 0.1) is 23.7 Å². The Hall–Kier alpha value is -3.07. The number of hydrogen-bond acceptors (Lipinski definition) is 3. The van der Waals surface area contributed by atoms with Crippen molar-refractivity contribution < 1.29 is 18.0 Å². The molecule has 184 valence electrons. The zero-order chi connectivity index (χ0) is 24.8. The van der Waals surface area contributed by atoms with Crippen LogP contribution in [0.15, 0.2) is 48.5 Å². The first kappa shape index (κ1) is 23.7. The lowest BCUT2D eigenvalue weighted by Crippen LogP contribution is -2.45. The average molecular weight is 504 g/mol. The molecule has 1 atom stereocenters. The lowest BCUT2D eigenvalue weighted by molar-refractivity contribution is -0.138. The van der Waals surface area contributed by atoms with Crippen molar-refractivity contribution in [2.75, 3.05) is 6.54 Å². The van der Waals surface area contributed by atoms with Gasteiger partial charge in [0.15, 0.2) is 5.82 Å². The number of carbonyl (C=O) groups excluding carboxylic acids is 1. The molecule has 10 heteroatoms. The van der Waals surface area contributed by atoms with E-state index in [2.05, 4.69) is 15.5 Å². The number of nitrogens with zero attached hydrogens (tertiary/aromatic N) is 4. The summed E-state index contributed by atoms with van der Waals surface area (Å²) in [7, 11) is 0. The molecule has 1 aliphatic heterocycles. The van der Waals surface area contributed by atoms with Crippen LogP contribution >= 0.6 is 11.6 Å². The predicted octanol–water partition coefficient (Wildman–Crippen LogP) is 5.84. The Kier molecular flexibility index (Phi) is 5.99. The number of amides is 2. The largest absolute Gasteiger partial charge is 0.416 e. The molecule has 0 spiro atoms. The average Bonchev–Trinajstić information content (AvgIpc) is 3.27. The molecule has 1 N–H and O–H groups in total. The van der Waals surface area contributed by atoms with Gasteiger partial charge in [-0.3, -0.25) is 0 Å². The number of likely N-dealkylation sites (tertiary alicyclic amines) is 1. The maximum absolute atomic E-state index is 13.6. The van der Waals surface area contributed by atoms with Crippen molar-refractivity contribution >= 4 is 17.6 Å². The summed E-state index contributed by atoms with van der Waals surface area (Å²) < 4.78 is 42.9. The monoisotopic (exact) mass is 503 g/mol. The Bertz CT molecular complexity index is 1240. The van der Waals surface area contributed by atoms with Crippen molar-refractivity contribution in [3.8, 4) is 0 Å². The minimum atomic E-state index is -4.48. The fraction of sp³-hybridized carbons (Fsp3) is 0.400. The van der Waals surface area contributed by atoms with Crippen LogP contribution in [0.1, 0.15) is 60.1 Å². The highest BCUT2D eigenvalue weighted by atomic mass is 35.5. The quantitative estimate of drug-likeness (QED) is 0.475. The van der Waals surface area contributed by atoms with Crippen molar-refractivity contribution in [3.63, 3.8) is 0 Å². The van der Waals surface area contributed by atoms with Gasteiger partial charge in [-0.05, 0) is 61.9 Å². The maximum atomic E-state index is 13.6. The van der Waals surface area contributed by atoms with E-state index in [0.29, 0.717) is 43.2 Å². The first-order valence-electron chi connectivity index (χ1n) is 11.6. The standard InChI is InChI=1S/C25H25ClF3N5O/c1-16-31-32-22(34(16)15-17-8-10-18(26)11-9-17)21-7-4-14-33(21)23(35)30-24(12-13-24)19-5-2-3-6-20(19)25(27,28)29/h2-3,5-6,8-11,21H,4,7,12-15H2,1H3,(H,30,35). The molecular formula is C25H25ClF3N5O. The molecule has 2 aromatic carbocycles. The topological polar surface area (TPSA) is 63.1 Å². The molecule has 1 aliphatic carbocycles. The van der Waals surface area contributed by atoms with E-state index in [1.165, 1.54) is 12.1 Å². The molecule has 6 nitrogen and oxygen atoms in total. The molecule has 1 aromatic heterocycles. The zero-order valence-electron chi connectivity index (χ0n) is 19.1. The molecule has 2 amide bonds. The Labute approximate surface area is 206 Å². The van der Waals surface area contributed by atoms with Gasteiger partial charge >= 0.3 is 12.2 Å². The molecule has 2 aliphatic rings. The molecule has 2 fully saturated rings. The number of benzene rings is 2. The molecule has 2 heterocycles. The van der Waals surface area contributed by atoms with E-state index < -0.39 is 17.3 Å². The summed E-state index contributed by atoms with van der Waals surface area (Å²) in [6, 6.07) is 12.3. The number of urea groups is 1. The van der Waals surface area contributed by atoms with Gasteiger partial charge in [-0.15, -0.1) is 10.2 Å². The number of aryl methyl sites for hydroxylation is 1. The van der Waals surface area contributed by atoms with Crippen molar-refractivity contribution in [3.05, 3.63) is 81.9 Å². The van der Waals surface area contributed by atoms with Crippen LogP contribution in [0.5, 0.6) is 0 Å². The molecule has 5 rings (SSSR count). The van der Waals surface area contributed by atoms with Crippen LogP contribution < -0.4 is 5.32 Å². The molecule has 0 radical (unpaired) electrons. The molecule has 35 heavy (non-hydrogen) atoms. The first-order chi connectivity index (χ1) is 16.7. The zero-order valence-corrected chi connectivity index (χ0v) is 19.9. The predicted molar refractivity (Wildman–Crippen MR) is 125 cm³/mol. The number of carbonyl (C=O) groups is 1. The van der Waals surface area contributed by atoms with E-state index in [0.717, 1.165) is 23.9 Å². The summed E-state index contributed by atoms with van der Waals surface area (Å²) in [5.74, 6) is 1.39. The first-order valence-corrected chi connectivity index (χ1v) is 12.0. The Morgan fingerprint density at radius 3 is 2.54 bits per heavy atom. The molecule has 1 saturated heterocycles. The summed E-state index contributed by atoms with van der Waals surface area (Å²) in [6.07, 6.45) is -2.06. The number of nitrogens with one attached hydrogen (secondary N) is 1. The second-order valence-corrected chi connectivity index (χ2v) is 9.66. The fourth-order valence-electron chi connectivity index (χ4n) is 4.90. The highest BCUT2D eigenvalue weighted by molar-refractivity contribution is 6.30. The van der Waals surface area contributed by atoms with E-state index >= 15 is 0 Å². The van der Waals surface area contributed by atoms with Crippen LogP contribution in [-0.2, 0) is 18.3 Å². The summed E-state index contributed by atoms with van der Waals surface area (Å²) >= 11 is 6.01. The van der Waals surface area contributed by atoms with Crippen molar-refractivity contribution in [1.29, 1.82) is 0 Å². The molecule has 0 bridgehead atoms. The van der Waals surface area contributed by atoms with Gasteiger partial charge in [0.2, 0.25) is 0 Å². The van der Waals surface area contributed by atoms with E-state index in [4.69, 9.17) is 11.6 Å². The third-order valence-electron chi connectivity index (χ3n) is 6.87. The SMILES string of the molecule is Cc1nnc(C2CCCN2C(=O)NC2(c3ccccc3C(F)(F)F)CC2)n1Cc1ccc(Cl)cc1. The van der Waals surface area contributed by atoms with Crippen LogP contribution in [0.4, 0.5) is 18.0 Å². The number of aromatic nitrogens is 3. The third-order valence-corrected chi connectivity index (χ3v) is 7.13. The van der Waals surface area contributed by atoms with Crippen LogP contribution in [0.2, 0.25) is 5.02 Å². The van der Waals surface area contributed by atoms with Crippen LogP contribution in [0.3, 0.4) is 0 Å². The molecular weight excluding hydrogens is 479 g/mol. The van der Waals surface area contributed by atoms with Crippen molar-refractivity contribution in [2.45, 2.75) is 56.9 Å². The van der Waals surface area contributed by atoms with Gasteiger partial charge in [0, 0.05) is 11.6 Å². The fourth-order valence-corrected chi connectivity index (χ4v) is 5.03. The number of rotatable bonds is 5. The van der Waals surface area contributed by atoms with Crippen molar-refractivity contribution in [1.82, 2.24) is 25.0 Å². The molecule has 3 aromatic rings. The van der Waals surface area contributed by atoms with E-state index in [-0.39, 0.29) is 17.6 Å². The summed E-state index contributed by atoms with van der Waals surface area (Å²) in [5, 5.41) is 12.2. The van der Waals surface area contributed by atoms with Gasteiger partial charge in [-0.25, -0.2) is 4.79 Å². The van der Waals surface area contributed by atoms with E-state index in [1.807, 2.05) is 35.8 Å². The second-order valence-electron chi connectivity index (χ2n) is 9.23. The number of hydrogen-bond donors (Lipinski definition) is 1. The van der Waals surface area contributed by atoms with Gasteiger partial charge in [-0.1, -0.05) is 41.9 Å². The molecule has 1 unspecified atom stereocenters. The van der Waals surface area contributed by atoms with Crippen LogP contribution in [0.25, 0.3) is 0 Å². The normalized spacial score (nSPS) is 19.1. The lowest BCUT2D eigenvalue weighted by Gasteiger charge is -2.29. The summed E-state index contributed by atoms with van der Waals surface area (Å²) in [6.45, 7) is 2.89. The number of halogens is 4. The number of alkyl halides is 3. The van der Waals surface area contributed by atoms with Gasteiger partial charge in [0.1, 0.15) is 5.82 Å². The van der Waals surface area contributed by atoms with Crippen LogP contribution in [-0.4, -0.2) is 32.2 Å². The van der Waals surface area contributed by atoms with Gasteiger partial charge in [0.25, 0.3) is 0 Å². The van der Waals surface area contributed by atoms with Gasteiger partial charge < -0.3 is 14.8 Å². The Morgan fingerprint density at radius 1 is 1.14 bits per heavy atom. The van der Waals surface area contributed by atoms with E-state index in [9.17, 15) is 18.0 Å². The van der Waals surface area contributed by atoms with Crippen LogP contribution in [0, 0.1) is 6.92 Å². The molecule has 1 saturated carbocycles. The summed E-state index contributed by atoms with van der Waals surface area (Å²) in [5.41, 5.74) is -0.552. The Morgan fingerprint density at radius 2 is 1.86 bits per heavy atom. The maximum Gasteiger partial charge on any atom is 0.416 e. The third kappa shape index (κ3) is 4.61. The smallest absolute Gasteiger partial charge is 0.328 e. The highest BCUT2D eigenvalue weighted by Crippen LogP contribution is 2.50.